The van der Waals surface area contributed by atoms with Crippen LogP contribution in [0.3, 0.4) is 0 Å². The first-order valence-corrected chi connectivity index (χ1v) is 7.67. The van der Waals surface area contributed by atoms with Gasteiger partial charge in [-0.05, 0) is 50.3 Å². The molecule has 1 atom stereocenters. The van der Waals surface area contributed by atoms with E-state index in [4.69, 9.17) is 0 Å². The highest BCUT2D eigenvalue weighted by molar-refractivity contribution is 5.93. The highest BCUT2D eigenvalue weighted by Crippen LogP contribution is 2.27. The van der Waals surface area contributed by atoms with Gasteiger partial charge in [0.15, 0.2) is 0 Å². The Morgan fingerprint density at radius 3 is 2.70 bits per heavy atom. The van der Waals surface area contributed by atoms with Crippen LogP contribution in [0.5, 0.6) is 5.75 Å². The number of ether oxygens (including phenoxy) is 1. The lowest BCUT2D eigenvalue weighted by Crippen LogP contribution is -2.29. The number of hydrogen-bond acceptors (Lipinski definition) is 3. The van der Waals surface area contributed by atoms with E-state index in [2.05, 4.69) is 10.1 Å². The predicted octanol–water partition coefficient (Wildman–Crippen LogP) is 3.33. The first kappa shape index (κ1) is 17.4. The molecule has 0 radical (unpaired) electrons. The molecule has 0 bridgehead atoms. The molecule has 126 valence electrons. The quantitative estimate of drug-likeness (QED) is 0.789. The van der Waals surface area contributed by atoms with Crippen molar-refractivity contribution in [3.05, 3.63) is 41.0 Å². The third kappa shape index (κ3) is 5.03. The number of rotatable bonds is 6. The van der Waals surface area contributed by atoms with E-state index in [9.17, 15) is 18.7 Å². The highest BCUT2D eigenvalue weighted by atomic mass is 19.3. The summed E-state index contributed by atoms with van der Waals surface area (Å²) in [4.78, 5) is 12.1. The Labute approximate surface area is 134 Å². The summed E-state index contributed by atoms with van der Waals surface area (Å²) in [5.41, 5.74) is 2.29. The third-order valence-electron chi connectivity index (χ3n) is 4.00. The molecule has 1 aromatic carbocycles. The fourth-order valence-corrected chi connectivity index (χ4v) is 2.68. The molecular formula is C17H21F2NO3. The maximum absolute atomic E-state index is 12.2. The first-order chi connectivity index (χ1) is 11.0. The maximum atomic E-state index is 12.2. The number of nitrogens with one attached hydrogen (secondary N) is 1. The molecule has 0 spiro atoms. The largest absolute Gasteiger partial charge is 0.435 e. The Hall–Kier alpha value is -1.95. The Bertz CT molecular complexity index is 579. The number of allylic oxidation sites excluding steroid dienone is 1. The number of amides is 1. The van der Waals surface area contributed by atoms with Crippen molar-refractivity contribution in [1.82, 2.24) is 5.32 Å². The topological polar surface area (TPSA) is 58.6 Å². The van der Waals surface area contributed by atoms with Gasteiger partial charge in [0.1, 0.15) is 5.75 Å². The van der Waals surface area contributed by atoms with Crippen LogP contribution in [-0.4, -0.2) is 24.2 Å². The standard InChI is InChI=1S/C17H21F2NO3/c1-11(12-5-2-3-6-12)16(22)20-10-15(21)13-7-4-8-14(9-13)23-17(18)19/h4,7-9,15,17,21H,2-3,5-6,10H2,1H3,(H,20,22). The average molecular weight is 325 g/mol. The lowest BCUT2D eigenvalue weighted by Gasteiger charge is -2.14. The van der Waals surface area contributed by atoms with Crippen LogP contribution in [0.1, 0.15) is 44.3 Å². The van der Waals surface area contributed by atoms with E-state index in [1.807, 2.05) is 0 Å². The van der Waals surface area contributed by atoms with E-state index in [1.165, 1.54) is 23.8 Å². The molecule has 0 aliphatic heterocycles. The van der Waals surface area contributed by atoms with E-state index in [1.54, 1.807) is 13.0 Å². The van der Waals surface area contributed by atoms with E-state index in [0.717, 1.165) is 25.7 Å². The van der Waals surface area contributed by atoms with Crippen LogP contribution in [0.15, 0.2) is 35.4 Å². The number of hydrogen-bond donors (Lipinski definition) is 2. The van der Waals surface area contributed by atoms with Gasteiger partial charge < -0.3 is 15.2 Å². The van der Waals surface area contributed by atoms with Gasteiger partial charge in [-0.1, -0.05) is 17.7 Å². The molecule has 6 heteroatoms. The summed E-state index contributed by atoms with van der Waals surface area (Å²) in [7, 11) is 0. The van der Waals surface area contributed by atoms with E-state index < -0.39 is 12.7 Å². The van der Waals surface area contributed by atoms with Gasteiger partial charge in [-0.2, -0.15) is 8.78 Å². The Morgan fingerprint density at radius 2 is 2.04 bits per heavy atom. The van der Waals surface area contributed by atoms with Gasteiger partial charge in [0.25, 0.3) is 0 Å². The molecule has 23 heavy (non-hydrogen) atoms. The minimum atomic E-state index is -2.91. The molecule has 1 fully saturated rings. The molecule has 1 amide bonds. The monoisotopic (exact) mass is 325 g/mol. The molecule has 0 saturated heterocycles. The summed E-state index contributed by atoms with van der Waals surface area (Å²) >= 11 is 0. The van der Waals surface area contributed by atoms with Gasteiger partial charge in [-0.15, -0.1) is 0 Å². The number of carbonyl (C=O) groups is 1. The first-order valence-electron chi connectivity index (χ1n) is 7.67. The van der Waals surface area contributed by atoms with Crippen molar-refractivity contribution in [2.75, 3.05) is 6.54 Å². The van der Waals surface area contributed by atoms with Crippen molar-refractivity contribution in [2.45, 2.75) is 45.3 Å². The van der Waals surface area contributed by atoms with Gasteiger partial charge in [0.2, 0.25) is 5.91 Å². The molecule has 1 aliphatic rings. The van der Waals surface area contributed by atoms with Crippen molar-refractivity contribution in [1.29, 1.82) is 0 Å². The summed E-state index contributed by atoms with van der Waals surface area (Å²) in [5.74, 6) is -0.215. The molecule has 1 unspecified atom stereocenters. The zero-order valence-corrected chi connectivity index (χ0v) is 13.0. The van der Waals surface area contributed by atoms with Crippen molar-refractivity contribution in [3.63, 3.8) is 0 Å². The van der Waals surface area contributed by atoms with Gasteiger partial charge in [0.05, 0.1) is 6.10 Å². The van der Waals surface area contributed by atoms with Crippen LogP contribution in [0.25, 0.3) is 0 Å². The molecule has 1 aliphatic carbocycles. The van der Waals surface area contributed by atoms with Crippen LogP contribution in [0.4, 0.5) is 8.78 Å². The smallest absolute Gasteiger partial charge is 0.387 e. The maximum Gasteiger partial charge on any atom is 0.387 e. The van der Waals surface area contributed by atoms with E-state index >= 15 is 0 Å². The minimum Gasteiger partial charge on any atom is -0.435 e. The molecule has 0 heterocycles. The van der Waals surface area contributed by atoms with Crippen LogP contribution in [0.2, 0.25) is 0 Å². The summed E-state index contributed by atoms with van der Waals surface area (Å²) in [6.45, 7) is -1.11. The Morgan fingerprint density at radius 1 is 1.35 bits per heavy atom. The summed E-state index contributed by atoms with van der Waals surface area (Å²) < 4.78 is 28.7. The van der Waals surface area contributed by atoms with Gasteiger partial charge >= 0.3 is 6.61 Å². The van der Waals surface area contributed by atoms with Crippen molar-refractivity contribution < 1.29 is 23.4 Å². The van der Waals surface area contributed by atoms with Gasteiger partial charge in [0, 0.05) is 12.1 Å². The number of halogens is 2. The van der Waals surface area contributed by atoms with E-state index in [-0.39, 0.29) is 18.2 Å². The zero-order valence-electron chi connectivity index (χ0n) is 13.0. The summed E-state index contributed by atoms with van der Waals surface area (Å²) in [6, 6.07) is 5.84. The molecule has 2 N–H and O–H groups in total. The summed E-state index contributed by atoms with van der Waals surface area (Å²) in [6.07, 6.45) is 3.14. The predicted molar refractivity (Wildman–Crippen MR) is 82.2 cm³/mol. The molecule has 2 rings (SSSR count). The second-order valence-corrected chi connectivity index (χ2v) is 5.61. The van der Waals surface area contributed by atoms with Crippen molar-refractivity contribution in [2.24, 2.45) is 0 Å². The van der Waals surface area contributed by atoms with Crippen molar-refractivity contribution >= 4 is 5.91 Å². The second kappa shape index (κ2) is 8.06. The van der Waals surface area contributed by atoms with Gasteiger partial charge in [-0.25, -0.2) is 0 Å². The molecular weight excluding hydrogens is 304 g/mol. The number of aliphatic hydroxyl groups is 1. The van der Waals surface area contributed by atoms with Crippen LogP contribution in [0, 0.1) is 0 Å². The second-order valence-electron chi connectivity index (χ2n) is 5.61. The molecule has 0 aromatic heterocycles. The molecule has 4 nitrogen and oxygen atoms in total. The van der Waals surface area contributed by atoms with Crippen LogP contribution < -0.4 is 10.1 Å². The third-order valence-corrected chi connectivity index (χ3v) is 4.00. The van der Waals surface area contributed by atoms with Crippen LogP contribution >= 0.6 is 0 Å². The normalized spacial score (nSPS) is 15.6. The number of aliphatic hydroxyl groups excluding tert-OH is 1. The Balaban J connectivity index is 1.93. The Kier molecular flexibility index (Phi) is 6.10. The van der Waals surface area contributed by atoms with E-state index in [0.29, 0.717) is 11.1 Å². The summed E-state index contributed by atoms with van der Waals surface area (Å²) in [5, 5.41) is 12.8. The fourth-order valence-electron chi connectivity index (χ4n) is 2.68. The number of benzene rings is 1. The SMILES string of the molecule is CC(C(=O)NCC(O)c1cccc(OC(F)F)c1)=C1CCCC1. The fraction of sp³-hybridized carbons (Fsp3) is 0.471. The number of carbonyl (C=O) groups excluding carboxylic acids is 1. The zero-order chi connectivity index (χ0) is 16.8. The average Bonchev–Trinajstić information content (AvgIpc) is 3.05. The van der Waals surface area contributed by atoms with Crippen LogP contribution in [-0.2, 0) is 4.79 Å². The van der Waals surface area contributed by atoms with Gasteiger partial charge in [-0.3, -0.25) is 4.79 Å². The number of alkyl halides is 2. The highest BCUT2D eigenvalue weighted by Gasteiger charge is 2.16. The molecule has 1 saturated carbocycles. The minimum absolute atomic E-state index is 0.0155. The molecule has 1 aromatic rings. The lowest BCUT2D eigenvalue weighted by atomic mass is 10.1. The lowest BCUT2D eigenvalue weighted by molar-refractivity contribution is -0.118. The van der Waals surface area contributed by atoms with Crippen molar-refractivity contribution in [3.8, 4) is 5.75 Å².